The van der Waals surface area contributed by atoms with Crippen LogP contribution in [0.25, 0.3) is 11.3 Å². The van der Waals surface area contributed by atoms with Gasteiger partial charge in [0.1, 0.15) is 25.9 Å². The molecule has 4 amide bonds. The van der Waals surface area contributed by atoms with E-state index in [4.69, 9.17) is 28.3 Å². The quantitative estimate of drug-likeness (QED) is 0.0255. The first-order valence-electron chi connectivity index (χ1n) is 30.2. The van der Waals surface area contributed by atoms with Crippen molar-refractivity contribution in [3.63, 3.8) is 0 Å². The molecule has 20 heteroatoms. The van der Waals surface area contributed by atoms with Crippen LogP contribution in [0.2, 0.25) is 10.0 Å². The highest BCUT2D eigenvalue weighted by Crippen LogP contribution is 2.52. The van der Waals surface area contributed by atoms with Gasteiger partial charge in [-0.25, -0.2) is 22.2 Å². The molecule has 2 aliphatic rings. The van der Waals surface area contributed by atoms with Crippen LogP contribution in [0.3, 0.4) is 0 Å². The van der Waals surface area contributed by atoms with E-state index in [1.165, 1.54) is 109 Å². The first-order chi connectivity index (χ1) is 37.1. The second kappa shape index (κ2) is 30.8. The lowest BCUT2D eigenvalue weighted by atomic mass is 9.56. The number of fused-ring (bicyclic) bond motifs is 2. The molecule has 0 radical (unpaired) electrons. The highest BCUT2D eigenvalue weighted by atomic mass is 35.5. The Labute approximate surface area is 477 Å². The van der Waals surface area contributed by atoms with E-state index in [9.17, 15) is 22.8 Å². The summed E-state index contributed by atoms with van der Waals surface area (Å²) in [4.78, 5) is 39.6. The number of rotatable bonds is 32. The van der Waals surface area contributed by atoms with Crippen molar-refractivity contribution in [3.8, 4) is 0 Å². The number of aromatic amines is 2. The van der Waals surface area contributed by atoms with Gasteiger partial charge in [0.15, 0.2) is 22.9 Å². The minimum absolute atomic E-state index is 0.00865. The Bertz CT molecular complexity index is 2590. The molecule has 78 heavy (non-hydrogen) atoms. The third-order valence-electron chi connectivity index (χ3n) is 17.4. The fraction of sp³-hybridized carbons (Fsp3) is 0.810. The summed E-state index contributed by atoms with van der Waals surface area (Å²) in [6, 6.07) is -0.995. The molecule has 0 spiro atoms. The second-order valence-electron chi connectivity index (χ2n) is 24.2. The van der Waals surface area contributed by atoms with E-state index >= 15 is 0 Å². The number of halogens is 2. The van der Waals surface area contributed by atoms with Crippen LogP contribution in [0, 0.1) is 13.8 Å². The van der Waals surface area contributed by atoms with Crippen molar-refractivity contribution in [1.29, 1.82) is 0 Å². The summed E-state index contributed by atoms with van der Waals surface area (Å²) in [5.74, 6) is 0.620. The standard InChI is InChI=1S/C30H51ClN6O.C28H49ClN6O4S/c1-3-4-5-6-7-8-9-10-11-18-23-32-28(38)33-30(21-16-13-17-22-30)29(19-14-12-15-20-29)27-35-34-26-25(31)24(2)36-37(26)27;1-8-9-10-11-12-13-14-15-16-17-22(36)30-21(18-19-40(7,38)39)25(37)31-28(5,6)27(3,4)26-33-32-24-23(29)20(2)34-35(24)26/h36H,3-23H2,1-2H3,(H2,32,33,38);21,34H,8-19H2,1-7H3,(H,30,36)(H,31,37). The van der Waals surface area contributed by atoms with Crippen LogP contribution in [0.5, 0.6) is 0 Å². The summed E-state index contributed by atoms with van der Waals surface area (Å²) >= 11 is 12.9. The molecule has 1 unspecified atom stereocenters. The van der Waals surface area contributed by atoms with Gasteiger partial charge in [-0.3, -0.25) is 19.8 Å². The van der Waals surface area contributed by atoms with E-state index in [1.54, 1.807) is 4.52 Å². The van der Waals surface area contributed by atoms with E-state index in [-0.39, 0.29) is 35.1 Å². The summed E-state index contributed by atoms with van der Waals surface area (Å²) in [6.07, 6.45) is 35.7. The predicted octanol–water partition coefficient (Wildman–Crippen LogP) is 13.2. The van der Waals surface area contributed by atoms with E-state index in [0.29, 0.717) is 33.6 Å². The molecule has 2 aliphatic carbocycles. The van der Waals surface area contributed by atoms with Gasteiger partial charge in [-0.05, 0) is 72.6 Å². The lowest BCUT2D eigenvalue weighted by Gasteiger charge is -2.53. The van der Waals surface area contributed by atoms with Crippen molar-refractivity contribution in [3.05, 3.63) is 33.1 Å². The second-order valence-corrected chi connectivity index (χ2v) is 27.2. The Balaban J connectivity index is 0.000000288. The van der Waals surface area contributed by atoms with Gasteiger partial charge in [-0.1, -0.05) is 199 Å². The van der Waals surface area contributed by atoms with Gasteiger partial charge in [-0.2, -0.15) is 0 Å². The zero-order valence-corrected chi connectivity index (χ0v) is 51.6. The molecular weight excluding hydrogens is 1050 g/mol. The van der Waals surface area contributed by atoms with Crippen molar-refractivity contribution in [1.82, 2.24) is 60.9 Å². The Morgan fingerprint density at radius 2 is 1.13 bits per heavy atom. The maximum Gasteiger partial charge on any atom is 0.315 e. The molecule has 442 valence electrons. The Hall–Kier alpha value is -3.90. The average molecular weight is 1150 g/mol. The van der Waals surface area contributed by atoms with Crippen LogP contribution in [0.15, 0.2) is 0 Å². The molecule has 0 bridgehead atoms. The molecule has 2 saturated carbocycles. The van der Waals surface area contributed by atoms with E-state index < -0.39 is 32.7 Å². The first kappa shape index (κ1) is 64.9. The summed E-state index contributed by atoms with van der Waals surface area (Å²) in [7, 11) is -3.33. The monoisotopic (exact) mass is 1150 g/mol. The van der Waals surface area contributed by atoms with Crippen molar-refractivity contribution in [2.75, 3.05) is 18.6 Å². The van der Waals surface area contributed by atoms with Crippen LogP contribution < -0.4 is 21.3 Å². The third-order valence-corrected chi connectivity index (χ3v) is 19.2. The molecule has 4 heterocycles. The Morgan fingerprint density at radius 1 is 0.654 bits per heavy atom. The van der Waals surface area contributed by atoms with Crippen LogP contribution in [0.4, 0.5) is 4.79 Å². The fourth-order valence-electron chi connectivity index (χ4n) is 11.9. The van der Waals surface area contributed by atoms with E-state index in [1.807, 2.05) is 46.1 Å². The van der Waals surface area contributed by atoms with Gasteiger partial charge in [0.2, 0.25) is 11.8 Å². The molecule has 0 aliphatic heterocycles. The van der Waals surface area contributed by atoms with Gasteiger partial charge in [0, 0.05) is 30.2 Å². The number of carbonyl (C=O) groups excluding carboxylic acids is 3. The first-order valence-corrected chi connectivity index (χ1v) is 33.0. The lowest BCUT2D eigenvalue weighted by molar-refractivity contribution is -0.130. The van der Waals surface area contributed by atoms with E-state index in [2.05, 4.69) is 60.6 Å². The van der Waals surface area contributed by atoms with Crippen molar-refractivity contribution in [2.45, 2.75) is 282 Å². The molecule has 6 N–H and O–H groups in total. The van der Waals surface area contributed by atoms with Gasteiger partial charge < -0.3 is 21.3 Å². The van der Waals surface area contributed by atoms with Gasteiger partial charge in [-0.15, -0.1) is 20.4 Å². The zero-order valence-electron chi connectivity index (χ0n) is 49.3. The molecule has 0 saturated heterocycles. The molecule has 4 aromatic heterocycles. The highest BCUT2D eigenvalue weighted by Gasteiger charge is 2.56. The normalized spacial score (nSPS) is 16.2. The molecule has 17 nitrogen and oxygen atoms in total. The topological polar surface area (TPSA) is 225 Å². The third kappa shape index (κ3) is 17.6. The number of H-pyrrole nitrogens is 2. The Morgan fingerprint density at radius 3 is 1.67 bits per heavy atom. The zero-order chi connectivity index (χ0) is 57.0. The number of unbranched alkanes of at least 4 members (excludes halogenated alkanes) is 17. The molecule has 1 atom stereocenters. The average Bonchev–Trinajstić information content (AvgIpc) is 4.24. The van der Waals surface area contributed by atoms with Crippen molar-refractivity contribution >= 4 is 62.2 Å². The highest BCUT2D eigenvalue weighted by molar-refractivity contribution is 7.90. The maximum atomic E-state index is 13.5. The number of carbonyl (C=O) groups is 3. The minimum Gasteiger partial charge on any atom is -0.348 e. The number of urea groups is 1. The number of hydrogen-bond acceptors (Lipinski definition) is 9. The van der Waals surface area contributed by atoms with Crippen LogP contribution in [-0.4, -0.2) is 102 Å². The van der Waals surface area contributed by atoms with Gasteiger partial charge >= 0.3 is 6.03 Å². The number of nitrogens with zero attached hydrogens (tertiary/aromatic N) is 6. The van der Waals surface area contributed by atoms with Gasteiger partial charge in [0.05, 0.1) is 28.1 Å². The number of aromatic nitrogens is 8. The summed E-state index contributed by atoms with van der Waals surface area (Å²) in [5, 5.41) is 38.1. The van der Waals surface area contributed by atoms with Crippen LogP contribution in [-0.2, 0) is 30.3 Å². The summed E-state index contributed by atoms with van der Waals surface area (Å²) in [6.45, 7) is 16.6. The minimum atomic E-state index is -3.33. The maximum absolute atomic E-state index is 13.5. The van der Waals surface area contributed by atoms with Crippen LogP contribution >= 0.6 is 23.2 Å². The molecular formula is C58H100Cl2N12O5S. The van der Waals surface area contributed by atoms with E-state index in [0.717, 1.165) is 107 Å². The van der Waals surface area contributed by atoms with Crippen molar-refractivity contribution in [2.24, 2.45) is 0 Å². The van der Waals surface area contributed by atoms with Gasteiger partial charge in [0.25, 0.3) is 0 Å². The number of aryl methyl sites for hydroxylation is 2. The molecule has 0 aromatic carbocycles. The smallest absolute Gasteiger partial charge is 0.315 e. The summed E-state index contributed by atoms with van der Waals surface area (Å²) in [5.41, 5.74) is 0.695. The van der Waals surface area contributed by atoms with Crippen LogP contribution in [0.1, 0.15) is 264 Å². The largest absolute Gasteiger partial charge is 0.348 e. The predicted molar refractivity (Wildman–Crippen MR) is 316 cm³/mol. The van der Waals surface area contributed by atoms with Crippen molar-refractivity contribution < 1.29 is 22.8 Å². The number of sulfone groups is 1. The number of hydrogen-bond donors (Lipinski definition) is 6. The Kier molecular flexibility index (Phi) is 25.6. The number of amides is 4. The SMILES string of the molecule is CCCCCCCCCCCC(=O)NC(CCS(C)(=O)=O)C(=O)NC(C)(C)C(C)(C)c1nnc2c(Cl)c(C)[nH]n12.CCCCCCCCCCCCNC(=O)NC1(C2(c3nnc4c(Cl)c(C)[nH]n34)CCCCC2)CCCCC1. The molecule has 2 fully saturated rings. The fourth-order valence-corrected chi connectivity index (χ4v) is 12.9. The molecule has 6 rings (SSSR count). The summed E-state index contributed by atoms with van der Waals surface area (Å²) < 4.78 is 27.5. The molecule has 4 aromatic rings. The lowest BCUT2D eigenvalue weighted by Crippen LogP contribution is -2.65. The number of nitrogens with one attached hydrogen (secondary N) is 6.